The van der Waals surface area contributed by atoms with E-state index < -0.39 is 15.6 Å². The average molecular weight is 293 g/mol. The van der Waals surface area contributed by atoms with Gasteiger partial charge < -0.3 is 10.5 Å². The Morgan fingerprint density at radius 2 is 2.06 bits per heavy atom. The second-order valence-corrected chi connectivity index (χ2v) is 6.78. The number of ether oxygens (including phenoxy) is 1. The minimum atomic E-state index is -3.70. The third kappa shape index (κ3) is 4.13. The summed E-state index contributed by atoms with van der Waals surface area (Å²) in [5.74, 6) is 0.238. The normalized spacial score (nSPS) is 12.5. The molecular formula is C11H17ClN2O3S. The van der Waals surface area contributed by atoms with Crippen LogP contribution >= 0.6 is 11.6 Å². The number of sulfonamides is 1. The van der Waals surface area contributed by atoms with Crippen molar-refractivity contribution < 1.29 is 13.2 Å². The molecule has 0 amide bonds. The number of rotatable bonds is 5. The van der Waals surface area contributed by atoms with Gasteiger partial charge in [-0.05, 0) is 32.0 Å². The van der Waals surface area contributed by atoms with Crippen molar-refractivity contribution in [2.45, 2.75) is 24.3 Å². The topological polar surface area (TPSA) is 81.4 Å². The summed E-state index contributed by atoms with van der Waals surface area (Å²) in [7, 11) is -2.30. The molecule has 0 saturated carbocycles. The molecule has 7 heteroatoms. The summed E-state index contributed by atoms with van der Waals surface area (Å²) in [5.41, 5.74) is 5.10. The molecule has 0 aliphatic carbocycles. The van der Waals surface area contributed by atoms with E-state index in [1.165, 1.54) is 19.2 Å². The molecule has 0 saturated heterocycles. The van der Waals surface area contributed by atoms with Crippen LogP contribution in [0.4, 0.5) is 0 Å². The molecule has 0 unspecified atom stereocenters. The molecule has 18 heavy (non-hydrogen) atoms. The van der Waals surface area contributed by atoms with E-state index in [1.807, 2.05) is 0 Å². The molecule has 5 nitrogen and oxygen atoms in total. The summed E-state index contributed by atoms with van der Waals surface area (Å²) in [4.78, 5) is 0.00162. The van der Waals surface area contributed by atoms with Crippen LogP contribution in [0.2, 0.25) is 5.02 Å². The van der Waals surface area contributed by atoms with E-state index in [4.69, 9.17) is 22.1 Å². The molecule has 1 aromatic carbocycles. The quantitative estimate of drug-likeness (QED) is 0.859. The number of benzene rings is 1. The number of nitrogens with one attached hydrogen (secondary N) is 1. The van der Waals surface area contributed by atoms with Crippen molar-refractivity contribution in [3.8, 4) is 5.75 Å². The molecule has 1 rings (SSSR count). The Morgan fingerprint density at radius 1 is 1.44 bits per heavy atom. The molecule has 0 heterocycles. The van der Waals surface area contributed by atoms with E-state index in [0.717, 1.165) is 0 Å². The van der Waals surface area contributed by atoms with Crippen LogP contribution in [0.25, 0.3) is 0 Å². The van der Waals surface area contributed by atoms with Gasteiger partial charge in [0.25, 0.3) is 0 Å². The maximum atomic E-state index is 12.1. The summed E-state index contributed by atoms with van der Waals surface area (Å²) in [5, 5.41) is 0.322. The van der Waals surface area contributed by atoms with Crippen LogP contribution in [0, 0.1) is 0 Å². The molecule has 0 radical (unpaired) electrons. The van der Waals surface area contributed by atoms with Gasteiger partial charge in [-0.1, -0.05) is 11.6 Å². The summed E-state index contributed by atoms with van der Waals surface area (Å²) >= 11 is 5.80. The van der Waals surface area contributed by atoms with Crippen LogP contribution in [-0.2, 0) is 10.0 Å². The lowest BCUT2D eigenvalue weighted by atomic mass is 10.1. The summed E-state index contributed by atoms with van der Waals surface area (Å²) in [6.45, 7) is 3.57. The van der Waals surface area contributed by atoms with Gasteiger partial charge in [0.15, 0.2) is 0 Å². The first-order chi connectivity index (χ1) is 8.15. The molecule has 0 aromatic heterocycles. The lowest BCUT2D eigenvalue weighted by molar-refractivity contribution is 0.402. The van der Waals surface area contributed by atoms with Crippen LogP contribution in [-0.4, -0.2) is 27.6 Å². The summed E-state index contributed by atoms with van der Waals surface area (Å²) in [6.07, 6.45) is 0. The molecule has 0 spiro atoms. The number of methoxy groups -OCH3 is 1. The van der Waals surface area contributed by atoms with E-state index >= 15 is 0 Å². The van der Waals surface area contributed by atoms with E-state index in [0.29, 0.717) is 5.02 Å². The molecule has 3 N–H and O–H groups in total. The highest BCUT2D eigenvalue weighted by Crippen LogP contribution is 2.26. The fraction of sp³-hybridized carbons (Fsp3) is 0.455. The number of nitrogens with two attached hydrogens (primary N) is 1. The molecule has 0 atom stereocenters. The minimum absolute atomic E-state index is 0.00162. The van der Waals surface area contributed by atoms with Crippen molar-refractivity contribution in [3.63, 3.8) is 0 Å². The predicted molar refractivity (Wildman–Crippen MR) is 71.5 cm³/mol. The van der Waals surface area contributed by atoms with E-state index in [9.17, 15) is 8.42 Å². The maximum Gasteiger partial charge on any atom is 0.244 e. The first-order valence-electron chi connectivity index (χ1n) is 5.28. The highest BCUT2D eigenvalue weighted by Gasteiger charge is 2.22. The largest absolute Gasteiger partial charge is 0.495 e. The first kappa shape index (κ1) is 15.2. The van der Waals surface area contributed by atoms with Gasteiger partial charge in [0.1, 0.15) is 10.6 Å². The number of hydrogen-bond acceptors (Lipinski definition) is 4. The van der Waals surface area contributed by atoms with Gasteiger partial charge in [0.05, 0.1) is 7.11 Å². The van der Waals surface area contributed by atoms with E-state index in [1.54, 1.807) is 19.9 Å². The smallest absolute Gasteiger partial charge is 0.244 e. The predicted octanol–water partition coefficient (Wildman–Crippen LogP) is 1.36. The van der Waals surface area contributed by atoms with E-state index in [2.05, 4.69) is 4.72 Å². The lowest BCUT2D eigenvalue weighted by Crippen LogP contribution is -2.45. The first-order valence-corrected chi connectivity index (χ1v) is 7.14. The molecule has 0 aliphatic rings. The van der Waals surface area contributed by atoms with Crippen LogP contribution < -0.4 is 15.2 Å². The Hall–Kier alpha value is -0.820. The minimum Gasteiger partial charge on any atom is -0.495 e. The zero-order valence-electron chi connectivity index (χ0n) is 10.5. The Labute approximate surface area is 112 Å². The highest BCUT2D eigenvalue weighted by atomic mass is 35.5. The van der Waals surface area contributed by atoms with Crippen LogP contribution in [0.15, 0.2) is 23.1 Å². The molecule has 0 bridgehead atoms. The van der Waals surface area contributed by atoms with Gasteiger partial charge in [-0.3, -0.25) is 0 Å². The molecule has 102 valence electrons. The second-order valence-electron chi connectivity index (χ2n) is 4.61. The third-order valence-corrected chi connectivity index (χ3v) is 3.79. The van der Waals surface area contributed by atoms with Gasteiger partial charge in [0, 0.05) is 17.1 Å². The van der Waals surface area contributed by atoms with Gasteiger partial charge >= 0.3 is 0 Å². The molecule has 1 aromatic rings. The standard InChI is InChI=1S/C11H17ClN2O3S/c1-11(2,13)7-14-18(15,16)10-6-8(12)4-5-9(10)17-3/h4-6,14H,7,13H2,1-3H3. The van der Waals surface area contributed by atoms with Gasteiger partial charge in [-0.15, -0.1) is 0 Å². The maximum absolute atomic E-state index is 12.1. The Morgan fingerprint density at radius 3 is 2.56 bits per heavy atom. The van der Waals surface area contributed by atoms with Gasteiger partial charge in [-0.25, -0.2) is 13.1 Å². The fourth-order valence-corrected chi connectivity index (χ4v) is 2.87. The third-order valence-electron chi connectivity index (χ3n) is 2.13. The Balaban J connectivity index is 3.08. The molecule has 0 aliphatic heterocycles. The SMILES string of the molecule is COc1ccc(Cl)cc1S(=O)(=O)NCC(C)(C)N. The average Bonchev–Trinajstić information content (AvgIpc) is 2.26. The van der Waals surface area contributed by atoms with Gasteiger partial charge in [-0.2, -0.15) is 0 Å². The molecule has 0 fully saturated rings. The lowest BCUT2D eigenvalue weighted by Gasteiger charge is -2.19. The van der Waals surface area contributed by atoms with Crippen molar-refractivity contribution in [2.24, 2.45) is 5.73 Å². The zero-order chi connectivity index (χ0) is 14.0. The van der Waals surface area contributed by atoms with Crippen molar-refractivity contribution in [1.29, 1.82) is 0 Å². The Kier molecular flexibility index (Phi) is 4.61. The fourth-order valence-electron chi connectivity index (χ4n) is 1.22. The summed E-state index contributed by atoms with van der Waals surface area (Å²) < 4.78 is 31.6. The summed E-state index contributed by atoms with van der Waals surface area (Å²) in [6, 6.07) is 4.41. The highest BCUT2D eigenvalue weighted by molar-refractivity contribution is 7.89. The van der Waals surface area contributed by atoms with Crippen LogP contribution in [0.5, 0.6) is 5.75 Å². The Bertz CT molecular complexity index is 524. The van der Waals surface area contributed by atoms with Crippen LogP contribution in [0.1, 0.15) is 13.8 Å². The zero-order valence-corrected chi connectivity index (χ0v) is 12.1. The van der Waals surface area contributed by atoms with Crippen molar-refractivity contribution in [1.82, 2.24) is 4.72 Å². The number of hydrogen-bond donors (Lipinski definition) is 2. The van der Waals surface area contributed by atoms with Crippen molar-refractivity contribution in [2.75, 3.05) is 13.7 Å². The van der Waals surface area contributed by atoms with Gasteiger partial charge in [0.2, 0.25) is 10.0 Å². The number of halogens is 1. The molecular weight excluding hydrogens is 276 g/mol. The monoisotopic (exact) mass is 292 g/mol. The van der Waals surface area contributed by atoms with Crippen LogP contribution in [0.3, 0.4) is 0 Å². The van der Waals surface area contributed by atoms with Crippen molar-refractivity contribution >= 4 is 21.6 Å². The van der Waals surface area contributed by atoms with Crippen molar-refractivity contribution in [3.05, 3.63) is 23.2 Å². The van der Waals surface area contributed by atoms with E-state index in [-0.39, 0.29) is 17.2 Å². The second kappa shape index (κ2) is 5.44.